The Labute approximate surface area is 132 Å². The summed E-state index contributed by atoms with van der Waals surface area (Å²) in [5.41, 5.74) is 1.93. The molecule has 21 heavy (non-hydrogen) atoms. The molecule has 2 aromatic heterocycles. The van der Waals surface area contributed by atoms with Crippen LogP contribution in [0.15, 0.2) is 41.6 Å². The molecule has 1 aromatic carbocycles. The Morgan fingerprint density at radius 2 is 1.95 bits per heavy atom. The number of aryl methyl sites for hydroxylation is 2. The Morgan fingerprint density at radius 1 is 1.19 bits per heavy atom. The van der Waals surface area contributed by atoms with E-state index in [0.717, 1.165) is 22.4 Å². The second kappa shape index (κ2) is 5.91. The molecule has 0 aliphatic heterocycles. The first kappa shape index (κ1) is 14.2. The lowest BCUT2D eigenvalue weighted by atomic mass is 10.3. The van der Waals surface area contributed by atoms with E-state index in [1.54, 1.807) is 16.4 Å². The van der Waals surface area contributed by atoms with Crippen LogP contribution in [-0.2, 0) is 12.8 Å². The zero-order valence-corrected chi connectivity index (χ0v) is 13.3. The quantitative estimate of drug-likeness (QED) is 0.693. The van der Waals surface area contributed by atoms with Gasteiger partial charge in [0.25, 0.3) is 0 Å². The highest BCUT2D eigenvalue weighted by molar-refractivity contribution is 7.98. The molecule has 0 aliphatic carbocycles. The van der Waals surface area contributed by atoms with Crippen LogP contribution in [0, 0.1) is 6.92 Å². The number of hydrogen-bond donors (Lipinski definition) is 0. The van der Waals surface area contributed by atoms with Crippen molar-refractivity contribution in [2.75, 3.05) is 0 Å². The molecular formula is C14H14ClN5S. The summed E-state index contributed by atoms with van der Waals surface area (Å²) >= 11 is 7.52. The largest absolute Gasteiger partial charge is 0.257 e. The predicted octanol–water partition coefficient (Wildman–Crippen LogP) is 3.25. The maximum Gasteiger partial charge on any atom is 0.209 e. The van der Waals surface area contributed by atoms with Gasteiger partial charge in [-0.15, -0.1) is 5.10 Å². The van der Waals surface area contributed by atoms with Gasteiger partial charge in [-0.1, -0.05) is 41.6 Å². The number of hydrogen-bond acceptors (Lipinski definition) is 4. The molecule has 0 aliphatic rings. The zero-order chi connectivity index (χ0) is 14.8. The average Bonchev–Trinajstić information content (AvgIpc) is 3.01. The highest BCUT2D eigenvalue weighted by Gasteiger charge is 2.10. The van der Waals surface area contributed by atoms with E-state index in [1.807, 2.05) is 55.1 Å². The van der Waals surface area contributed by atoms with Gasteiger partial charge in [-0.2, -0.15) is 5.10 Å². The second-order valence-electron chi connectivity index (χ2n) is 4.56. The molecule has 0 N–H and O–H groups in total. The van der Waals surface area contributed by atoms with Gasteiger partial charge >= 0.3 is 0 Å². The van der Waals surface area contributed by atoms with Crippen molar-refractivity contribution in [3.8, 4) is 5.69 Å². The Morgan fingerprint density at radius 3 is 2.62 bits per heavy atom. The maximum absolute atomic E-state index is 5.98. The molecule has 108 valence electrons. The Balaban J connectivity index is 1.75. The first-order valence-electron chi connectivity index (χ1n) is 6.44. The number of rotatable bonds is 4. The van der Waals surface area contributed by atoms with Crippen molar-refractivity contribution >= 4 is 23.4 Å². The smallest absolute Gasteiger partial charge is 0.209 e. The Bertz CT molecular complexity index is 731. The molecule has 0 saturated heterocycles. The van der Waals surface area contributed by atoms with Crippen molar-refractivity contribution in [1.29, 1.82) is 0 Å². The van der Waals surface area contributed by atoms with Crippen molar-refractivity contribution < 1.29 is 0 Å². The number of nitrogens with zero attached hydrogens (tertiary/aromatic N) is 5. The van der Waals surface area contributed by atoms with Gasteiger partial charge in [0.05, 0.1) is 11.4 Å². The lowest BCUT2D eigenvalue weighted by molar-refractivity contribution is 0.755. The van der Waals surface area contributed by atoms with Crippen LogP contribution in [0.2, 0.25) is 5.15 Å². The molecule has 2 heterocycles. The number of benzene rings is 1. The van der Waals surface area contributed by atoms with Gasteiger partial charge < -0.3 is 0 Å². The third-order valence-electron chi connectivity index (χ3n) is 2.97. The summed E-state index contributed by atoms with van der Waals surface area (Å²) in [6.45, 7) is 1.95. The van der Waals surface area contributed by atoms with E-state index >= 15 is 0 Å². The third kappa shape index (κ3) is 3.11. The number of thioether (sulfide) groups is 1. The molecule has 0 atom stereocenters. The molecule has 3 rings (SSSR count). The van der Waals surface area contributed by atoms with Crippen molar-refractivity contribution in [3.63, 3.8) is 0 Å². The highest BCUT2D eigenvalue weighted by atomic mass is 35.5. The lowest BCUT2D eigenvalue weighted by Crippen LogP contribution is -1.98. The van der Waals surface area contributed by atoms with Crippen LogP contribution < -0.4 is 0 Å². The summed E-state index contributed by atoms with van der Waals surface area (Å²) in [7, 11) is 1.82. The van der Waals surface area contributed by atoms with Gasteiger partial charge in [-0.25, -0.2) is 9.67 Å². The van der Waals surface area contributed by atoms with Crippen LogP contribution in [0.3, 0.4) is 0 Å². The summed E-state index contributed by atoms with van der Waals surface area (Å²) in [6, 6.07) is 11.8. The van der Waals surface area contributed by atoms with Gasteiger partial charge in [-0.05, 0) is 25.1 Å². The minimum Gasteiger partial charge on any atom is -0.257 e. The van der Waals surface area contributed by atoms with Crippen LogP contribution in [0.4, 0.5) is 0 Å². The van der Waals surface area contributed by atoms with Gasteiger partial charge in [-0.3, -0.25) is 4.68 Å². The average molecular weight is 320 g/mol. The standard InChI is InChI=1S/C14H14ClN5S/c1-10-16-14(18-20(10)12-6-4-3-5-7-12)21-9-11-8-13(15)19(2)17-11/h3-8H,9H2,1-2H3. The summed E-state index contributed by atoms with van der Waals surface area (Å²) < 4.78 is 3.49. The molecule has 0 saturated carbocycles. The first-order chi connectivity index (χ1) is 10.1. The summed E-state index contributed by atoms with van der Waals surface area (Å²) in [6.07, 6.45) is 0. The van der Waals surface area contributed by atoms with Gasteiger partial charge in [0.2, 0.25) is 5.16 Å². The minimum atomic E-state index is 0.629. The fourth-order valence-electron chi connectivity index (χ4n) is 1.95. The number of para-hydroxylation sites is 1. The monoisotopic (exact) mass is 319 g/mol. The van der Waals surface area contributed by atoms with Crippen LogP contribution in [0.1, 0.15) is 11.5 Å². The van der Waals surface area contributed by atoms with Crippen molar-refractivity contribution in [3.05, 3.63) is 53.1 Å². The first-order valence-corrected chi connectivity index (χ1v) is 7.80. The van der Waals surface area contributed by atoms with E-state index < -0.39 is 0 Å². The molecule has 0 radical (unpaired) electrons. The SMILES string of the molecule is Cc1nc(SCc2cc(Cl)n(C)n2)nn1-c1ccccc1. The molecule has 0 spiro atoms. The Kier molecular flexibility index (Phi) is 3.98. The molecule has 0 fully saturated rings. The van der Waals surface area contributed by atoms with Gasteiger partial charge in [0.15, 0.2) is 0 Å². The second-order valence-corrected chi connectivity index (χ2v) is 5.89. The minimum absolute atomic E-state index is 0.629. The van der Waals surface area contributed by atoms with E-state index in [0.29, 0.717) is 10.9 Å². The van der Waals surface area contributed by atoms with Crippen molar-refractivity contribution in [2.45, 2.75) is 17.8 Å². The third-order valence-corrected chi connectivity index (χ3v) is 4.20. The molecule has 0 bridgehead atoms. The number of halogens is 1. The molecule has 0 amide bonds. The molecule has 0 unspecified atom stereocenters. The van der Waals surface area contributed by atoms with Gasteiger partial charge in [0, 0.05) is 12.8 Å². The van der Waals surface area contributed by atoms with Crippen LogP contribution in [-0.4, -0.2) is 24.5 Å². The number of aromatic nitrogens is 5. The van der Waals surface area contributed by atoms with Crippen LogP contribution >= 0.6 is 23.4 Å². The van der Waals surface area contributed by atoms with Crippen LogP contribution in [0.5, 0.6) is 0 Å². The summed E-state index contributed by atoms with van der Waals surface area (Å²) in [5, 5.41) is 10.2. The molecule has 7 heteroatoms. The molecule has 5 nitrogen and oxygen atoms in total. The normalized spacial score (nSPS) is 11.0. The van der Waals surface area contributed by atoms with Crippen molar-refractivity contribution in [2.24, 2.45) is 7.05 Å². The Hall–Kier alpha value is -1.79. The van der Waals surface area contributed by atoms with E-state index in [2.05, 4.69) is 15.2 Å². The fourth-order valence-corrected chi connectivity index (χ4v) is 2.87. The van der Waals surface area contributed by atoms with E-state index in [9.17, 15) is 0 Å². The summed E-state index contributed by atoms with van der Waals surface area (Å²) in [5.74, 6) is 1.56. The lowest BCUT2D eigenvalue weighted by Gasteiger charge is -2.00. The van der Waals surface area contributed by atoms with Crippen LogP contribution in [0.25, 0.3) is 5.69 Å². The highest BCUT2D eigenvalue weighted by Crippen LogP contribution is 2.22. The zero-order valence-electron chi connectivity index (χ0n) is 11.7. The van der Waals surface area contributed by atoms with E-state index in [-0.39, 0.29) is 0 Å². The van der Waals surface area contributed by atoms with E-state index in [4.69, 9.17) is 11.6 Å². The molecular weight excluding hydrogens is 306 g/mol. The fraction of sp³-hybridized carbons (Fsp3) is 0.214. The van der Waals surface area contributed by atoms with Crippen molar-refractivity contribution in [1.82, 2.24) is 24.5 Å². The maximum atomic E-state index is 5.98. The predicted molar refractivity (Wildman–Crippen MR) is 83.9 cm³/mol. The van der Waals surface area contributed by atoms with E-state index in [1.165, 1.54) is 0 Å². The molecule has 3 aromatic rings. The van der Waals surface area contributed by atoms with Gasteiger partial charge in [0.1, 0.15) is 11.0 Å². The summed E-state index contributed by atoms with van der Waals surface area (Å²) in [4.78, 5) is 4.48. The topological polar surface area (TPSA) is 48.5 Å².